The second kappa shape index (κ2) is 8.68. The molecule has 6 heteroatoms. The van der Waals surface area contributed by atoms with Crippen LogP contribution in [0.4, 0.5) is 0 Å². The van der Waals surface area contributed by atoms with Gasteiger partial charge < -0.3 is 14.8 Å². The van der Waals surface area contributed by atoms with Crippen LogP contribution in [0.25, 0.3) is 0 Å². The molecule has 0 atom stereocenters. The molecule has 1 saturated carbocycles. The van der Waals surface area contributed by atoms with E-state index in [0.717, 1.165) is 55.5 Å². The molecule has 0 saturated heterocycles. The van der Waals surface area contributed by atoms with Gasteiger partial charge in [0, 0.05) is 33.1 Å². The highest BCUT2D eigenvalue weighted by molar-refractivity contribution is 5.79. The number of hydrogen-bond donors (Lipinski definition) is 1. The Balaban J connectivity index is 1.61. The maximum atomic E-state index is 4.85. The lowest BCUT2D eigenvalue weighted by molar-refractivity contribution is 0.250. The van der Waals surface area contributed by atoms with Crippen LogP contribution in [0.2, 0.25) is 0 Å². The van der Waals surface area contributed by atoms with Gasteiger partial charge in [0.2, 0.25) is 0 Å². The van der Waals surface area contributed by atoms with Crippen LogP contribution in [0.1, 0.15) is 64.0 Å². The SMILES string of the molecule is CCNC(=NCc1nnc2n1CCCC2)N(C)CC1CCC(C)CC1. The number of aromatic nitrogens is 3. The minimum atomic E-state index is 0.612. The van der Waals surface area contributed by atoms with Gasteiger partial charge in [-0.15, -0.1) is 10.2 Å². The first-order valence-corrected chi connectivity index (χ1v) is 10.1. The van der Waals surface area contributed by atoms with Gasteiger partial charge in [-0.2, -0.15) is 0 Å². The Morgan fingerprint density at radius 1 is 1.24 bits per heavy atom. The van der Waals surface area contributed by atoms with Crippen molar-refractivity contribution in [1.29, 1.82) is 0 Å². The predicted molar refractivity (Wildman–Crippen MR) is 102 cm³/mol. The first kappa shape index (κ1) is 18.2. The van der Waals surface area contributed by atoms with Crippen LogP contribution in [0.5, 0.6) is 0 Å². The molecule has 0 radical (unpaired) electrons. The summed E-state index contributed by atoms with van der Waals surface area (Å²) in [6, 6.07) is 0. The van der Waals surface area contributed by atoms with E-state index in [-0.39, 0.29) is 0 Å². The second-order valence-corrected chi connectivity index (χ2v) is 7.82. The summed E-state index contributed by atoms with van der Waals surface area (Å²) in [5, 5.41) is 12.2. The molecular weight excluding hydrogens is 312 g/mol. The van der Waals surface area contributed by atoms with Gasteiger partial charge in [0.25, 0.3) is 0 Å². The minimum absolute atomic E-state index is 0.612. The highest BCUT2D eigenvalue weighted by Crippen LogP contribution is 2.28. The van der Waals surface area contributed by atoms with E-state index in [1.54, 1.807) is 0 Å². The van der Waals surface area contributed by atoms with Crippen LogP contribution >= 0.6 is 0 Å². The fraction of sp³-hybridized carbons (Fsp3) is 0.842. The topological polar surface area (TPSA) is 58.3 Å². The molecule has 140 valence electrons. The van der Waals surface area contributed by atoms with Crippen molar-refractivity contribution >= 4 is 5.96 Å². The molecular formula is C19H34N6. The highest BCUT2D eigenvalue weighted by atomic mass is 15.3. The van der Waals surface area contributed by atoms with E-state index < -0.39 is 0 Å². The predicted octanol–water partition coefficient (Wildman–Crippen LogP) is 2.84. The number of rotatable bonds is 5. The van der Waals surface area contributed by atoms with Crippen molar-refractivity contribution in [3.05, 3.63) is 11.6 Å². The van der Waals surface area contributed by atoms with Crippen LogP contribution in [0.3, 0.4) is 0 Å². The summed E-state index contributed by atoms with van der Waals surface area (Å²) in [6.45, 7) is 8.15. The number of nitrogens with one attached hydrogen (secondary N) is 1. The van der Waals surface area contributed by atoms with E-state index >= 15 is 0 Å². The summed E-state index contributed by atoms with van der Waals surface area (Å²) in [4.78, 5) is 7.16. The Hall–Kier alpha value is -1.59. The maximum absolute atomic E-state index is 4.85. The number of hydrogen-bond acceptors (Lipinski definition) is 3. The number of aryl methyl sites for hydroxylation is 1. The van der Waals surface area contributed by atoms with E-state index in [4.69, 9.17) is 4.99 Å². The summed E-state index contributed by atoms with van der Waals surface area (Å²) >= 11 is 0. The van der Waals surface area contributed by atoms with Gasteiger partial charge >= 0.3 is 0 Å². The molecule has 0 unspecified atom stereocenters. The molecule has 1 aromatic heterocycles. The van der Waals surface area contributed by atoms with Gasteiger partial charge in [0.05, 0.1) is 0 Å². The smallest absolute Gasteiger partial charge is 0.194 e. The van der Waals surface area contributed by atoms with Gasteiger partial charge in [-0.3, -0.25) is 0 Å². The third-order valence-electron chi connectivity index (χ3n) is 5.67. The molecule has 1 N–H and O–H groups in total. The lowest BCUT2D eigenvalue weighted by Gasteiger charge is -2.31. The molecule has 1 fully saturated rings. The molecule has 3 rings (SSSR count). The lowest BCUT2D eigenvalue weighted by Crippen LogP contribution is -2.41. The summed E-state index contributed by atoms with van der Waals surface area (Å²) in [5.74, 6) is 4.83. The number of aliphatic imine (C=N–C) groups is 1. The molecule has 0 amide bonds. The largest absolute Gasteiger partial charge is 0.357 e. The standard InChI is InChI=1S/C19H34N6/c1-4-20-19(24(3)14-16-10-8-15(2)9-11-16)21-13-18-23-22-17-7-5-6-12-25(17)18/h15-16H,4-14H2,1-3H3,(H,20,21). The highest BCUT2D eigenvalue weighted by Gasteiger charge is 2.21. The minimum Gasteiger partial charge on any atom is -0.357 e. The van der Waals surface area contributed by atoms with Crippen LogP contribution in [-0.4, -0.2) is 45.8 Å². The molecule has 1 aromatic rings. The average molecular weight is 347 g/mol. The van der Waals surface area contributed by atoms with E-state index in [1.807, 2.05) is 0 Å². The van der Waals surface area contributed by atoms with E-state index in [9.17, 15) is 0 Å². The lowest BCUT2D eigenvalue weighted by atomic mass is 9.83. The molecule has 1 aliphatic carbocycles. The molecule has 2 heterocycles. The molecule has 0 spiro atoms. The van der Waals surface area contributed by atoms with Crippen molar-refractivity contribution in [3.63, 3.8) is 0 Å². The Morgan fingerprint density at radius 2 is 2.04 bits per heavy atom. The fourth-order valence-corrected chi connectivity index (χ4v) is 4.09. The monoisotopic (exact) mass is 346 g/mol. The fourth-order valence-electron chi connectivity index (χ4n) is 4.09. The van der Waals surface area contributed by atoms with Gasteiger partial charge in [-0.25, -0.2) is 4.99 Å². The van der Waals surface area contributed by atoms with Crippen molar-refractivity contribution in [2.24, 2.45) is 16.8 Å². The van der Waals surface area contributed by atoms with Crippen LogP contribution in [0.15, 0.2) is 4.99 Å². The van der Waals surface area contributed by atoms with E-state index in [1.165, 1.54) is 38.5 Å². The first-order chi connectivity index (χ1) is 12.2. The molecule has 2 aliphatic rings. The number of guanidine groups is 1. The number of nitrogens with zero attached hydrogens (tertiary/aromatic N) is 5. The van der Waals surface area contributed by atoms with Gasteiger partial charge in [-0.1, -0.05) is 19.8 Å². The normalized spacial score (nSPS) is 24.0. The van der Waals surface area contributed by atoms with Crippen molar-refractivity contribution in [2.45, 2.75) is 71.9 Å². The Labute approximate surface area is 152 Å². The van der Waals surface area contributed by atoms with Crippen molar-refractivity contribution in [3.8, 4) is 0 Å². The Morgan fingerprint density at radius 3 is 2.80 bits per heavy atom. The first-order valence-electron chi connectivity index (χ1n) is 10.1. The number of fused-ring (bicyclic) bond motifs is 1. The molecule has 25 heavy (non-hydrogen) atoms. The van der Waals surface area contributed by atoms with E-state index in [0.29, 0.717) is 6.54 Å². The second-order valence-electron chi connectivity index (χ2n) is 7.82. The summed E-state index contributed by atoms with van der Waals surface area (Å²) in [7, 11) is 2.17. The van der Waals surface area contributed by atoms with Crippen molar-refractivity contribution < 1.29 is 0 Å². The third kappa shape index (κ3) is 4.73. The summed E-state index contributed by atoms with van der Waals surface area (Å²) in [6.07, 6.45) is 8.95. The quantitative estimate of drug-likeness (QED) is 0.658. The Bertz CT molecular complexity index is 570. The Kier molecular flexibility index (Phi) is 6.32. The van der Waals surface area contributed by atoms with Crippen LogP contribution < -0.4 is 5.32 Å². The third-order valence-corrected chi connectivity index (χ3v) is 5.67. The average Bonchev–Trinajstić information content (AvgIpc) is 3.04. The zero-order valence-corrected chi connectivity index (χ0v) is 16.2. The van der Waals surface area contributed by atoms with Gasteiger partial charge in [0.15, 0.2) is 11.8 Å². The maximum Gasteiger partial charge on any atom is 0.194 e. The van der Waals surface area contributed by atoms with Crippen molar-refractivity contribution in [2.75, 3.05) is 20.1 Å². The molecule has 1 aliphatic heterocycles. The zero-order chi connectivity index (χ0) is 17.6. The van der Waals surface area contributed by atoms with Gasteiger partial charge in [-0.05, 0) is 44.4 Å². The zero-order valence-electron chi connectivity index (χ0n) is 16.2. The summed E-state index contributed by atoms with van der Waals surface area (Å²) in [5.41, 5.74) is 0. The van der Waals surface area contributed by atoms with Crippen molar-refractivity contribution in [1.82, 2.24) is 25.0 Å². The van der Waals surface area contributed by atoms with Gasteiger partial charge in [0.1, 0.15) is 12.4 Å². The molecule has 6 nitrogen and oxygen atoms in total. The molecule has 0 aromatic carbocycles. The van der Waals surface area contributed by atoms with Crippen LogP contribution in [0, 0.1) is 11.8 Å². The molecule has 0 bridgehead atoms. The summed E-state index contributed by atoms with van der Waals surface area (Å²) < 4.78 is 2.26. The van der Waals surface area contributed by atoms with Crippen LogP contribution in [-0.2, 0) is 19.5 Å². The van der Waals surface area contributed by atoms with E-state index in [2.05, 4.69) is 45.9 Å².